The Kier molecular flexibility index (Phi) is 3.84. The van der Waals surface area contributed by atoms with Crippen LogP contribution in [0.3, 0.4) is 0 Å². The van der Waals surface area contributed by atoms with Crippen LogP contribution >= 0.6 is 0 Å². The van der Waals surface area contributed by atoms with Crippen molar-refractivity contribution in [2.45, 2.75) is 25.1 Å². The summed E-state index contributed by atoms with van der Waals surface area (Å²) in [7, 11) is 1.34. The predicted molar refractivity (Wildman–Crippen MR) is 47.1 cm³/mol. The number of methoxy groups -OCH3 is 1. The average Bonchev–Trinajstić information content (AvgIpc) is 2.21. The maximum Gasteiger partial charge on any atom is 0.305 e. The molecule has 14 heavy (non-hydrogen) atoms. The summed E-state index contributed by atoms with van der Waals surface area (Å²) in [4.78, 5) is 21.3. The number of carbonyl (C=O) groups excluding carboxylic acids is 2. The van der Waals surface area contributed by atoms with Gasteiger partial charge in [-0.05, 0) is 6.42 Å². The third kappa shape index (κ3) is 2.68. The maximum atomic E-state index is 10.7. The molecule has 0 aromatic heterocycles. The first kappa shape index (κ1) is 10.9. The van der Waals surface area contributed by atoms with Crippen molar-refractivity contribution in [1.29, 1.82) is 0 Å². The number of hydrogen-bond acceptors (Lipinski definition) is 5. The number of hydrogen-bond donors (Lipinski definition) is 2. The fourth-order valence-electron chi connectivity index (χ4n) is 1.04. The van der Waals surface area contributed by atoms with Gasteiger partial charge in [0.15, 0.2) is 6.23 Å². The second-order valence-corrected chi connectivity index (χ2v) is 3.01. The summed E-state index contributed by atoms with van der Waals surface area (Å²) >= 11 is 0. The SMILES string of the molecule is COC(=O)CCCOC1NC(=O)C1N. The average molecular weight is 202 g/mol. The van der Waals surface area contributed by atoms with Crippen LogP contribution in [-0.4, -0.2) is 37.9 Å². The molecule has 0 spiro atoms. The molecule has 1 heterocycles. The Balaban J connectivity index is 2.00. The molecule has 0 aromatic carbocycles. The third-order valence-electron chi connectivity index (χ3n) is 1.96. The summed E-state index contributed by atoms with van der Waals surface area (Å²) < 4.78 is 9.64. The van der Waals surface area contributed by atoms with E-state index >= 15 is 0 Å². The van der Waals surface area contributed by atoms with Gasteiger partial charge in [0.25, 0.3) is 0 Å². The van der Waals surface area contributed by atoms with E-state index in [9.17, 15) is 9.59 Å². The first-order valence-electron chi connectivity index (χ1n) is 4.39. The molecule has 1 amide bonds. The molecule has 80 valence electrons. The molecule has 6 heteroatoms. The minimum absolute atomic E-state index is 0.206. The van der Waals surface area contributed by atoms with Gasteiger partial charge in [0, 0.05) is 13.0 Å². The lowest BCUT2D eigenvalue weighted by atomic mass is 10.1. The van der Waals surface area contributed by atoms with Crippen LogP contribution in [0.25, 0.3) is 0 Å². The number of β-lactam (4-membered cyclic amide) rings is 1. The van der Waals surface area contributed by atoms with E-state index in [1.807, 2.05) is 0 Å². The summed E-state index contributed by atoms with van der Waals surface area (Å²) in [5, 5.41) is 2.49. The van der Waals surface area contributed by atoms with Crippen molar-refractivity contribution in [3.8, 4) is 0 Å². The minimum Gasteiger partial charge on any atom is -0.469 e. The highest BCUT2D eigenvalue weighted by molar-refractivity contribution is 5.88. The van der Waals surface area contributed by atoms with Crippen molar-refractivity contribution in [2.24, 2.45) is 5.73 Å². The predicted octanol–water partition coefficient (Wildman–Crippen LogP) is -1.26. The van der Waals surface area contributed by atoms with E-state index < -0.39 is 12.3 Å². The topological polar surface area (TPSA) is 90.6 Å². The zero-order valence-corrected chi connectivity index (χ0v) is 7.99. The lowest BCUT2D eigenvalue weighted by Crippen LogP contribution is -2.67. The van der Waals surface area contributed by atoms with Crippen molar-refractivity contribution in [1.82, 2.24) is 5.32 Å². The number of ether oxygens (including phenoxy) is 2. The normalized spacial score (nSPS) is 25.1. The van der Waals surface area contributed by atoms with Crippen molar-refractivity contribution in [3.63, 3.8) is 0 Å². The van der Waals surface area contributed by atoms with E-state index in [4.69, 9.17) is 10.5 Å². The lowest BCUT2D eigenvalue weighted by Gasteiger charge is -2.33. The minimum atomic E-state index is -0.576. The third-order valence-corrected chi connectivity index (χ3v) is 1.96. The molecule has 6 nitrogen and oxygen atoms in total. The Hall–Kier alpha value is -1.14. The van der Waals surface area contributed by atoms with Gasteiger partial charge in [-0.15, -0.1) is 0 Å². The van der Waals surface area contributed by atoms with Gasteiger partial charge in [0.05, 0.1) is 7.11 Å². The number of carbonyl (C=O) groups is 2. The molecule has 1 saturated heterocycles. The molecule has 0 radical (unpaired) electrons. The van der Waals surface area contributed by atoms with Crippen molar-refractivity contribution >= 4 is 11.9 Å². The van der Waals surface area contributed by atoms with E-state index in [2.05, 4.69) is 10.1 Å². The zero-order chi connectivity index (χ0) is 10.6. The molecule has 0 bridgehead atoms. The maximum absolute atomic E-state index is 10.7. The molecular formula is C8H14N2O4. The fraction of sp³-hybridized carbons (Fsp3) is 0.750. The lowest BCUT2D eigenvalue weighted by molar-refractivity contribution is -0.146. The molecule has 2 atom stereocenters. The molecule has 0 aromatic rings. The van der Waals surface area contributed by atoms with E-state index in [1.165, 1.54) is 7.11 Å². The monoisotopic (exact) mass is 202 g/mol. The second kappa shape index (κ2) is 4.92. The Bertz CT molecular complexity index is 231. The van der Waals surface area contributed by atoms with Crippen LogP contribution in [0.5, 0.6) is 0 Å². The quantitative estimate of drug-likeness (QED) is 0.330. The van der Waals surface area contributed by atoms with Crippen molar-refractivity contribution in [2.75, 3.05) is 13.7 Å². The summed E-state index contributed by atoms with van der Waals surface area (Å²) in [5.41, 5.74) is 5.41. The number of nitrogens with two attached hydrogens (primary N) is 1. The van der Waals surface area contributed by atoms with Gasteiger partial charge in [0.2, 0.25) is 5.91 Å². The summed E-state index contributed by atoms with van der Waals surface area (Å²) in [6.07, 6.45) is 0.471. The van der Waals surface area contributed by atoms with Gasteiger partial charge in [-0.25, -0.2) is 0 Å². The number of amides is 1. The van der Waals surface area contributed by atoms with Crippen molar-refractivity contribution in [3.05, 3.63) is 0 Å². The fourth-order valence-corrected chi connectivity index (χ4v) is 1.04. The van der Waals surface area contributed by atoms with Crippen LogP contribution < -0.4 is 11.1 Å². The van der Waals surface area contributed by atoms with Crippen molar-refractivity contribution < 1.29 is 19.1 Å². The molecule has 3 N–H and O–H groups in total. The summed E-state index contributed by atoms with van der Waals surface area (Å²) in [6, 6.07) is -0.576. The van der Waals surface area contributed by atoms with Crippen LogP contribution in [0.4, 0.5) is 0 Å². The van der Waals surface area contributed by atoms with Gasteiger partial charge < -0.3 is 20.5 Å². The molecule has 1 rings (SSSR count). The molecule has 0 saturated carbocycles. The Morgan fingerprint density at radius 3 is 2.86 bits per heavy atom. The highest BCUT2D eigenvalue weighted by Gasteiger charge is 2.36. The molecule has 1 aliphatic heterocycles. The Morgan fingerprint density at radius 1 is 1.64 bits per heavy atom. The summed E-state index contributed by atoms with van der Waals surface area (Å²) in [5.74, 6) is -0.474. The number of esters is 1. The first-order valence-corrected chi connectivity index (χ1v) is 4.39. The van der Waals surface area contributed by atoms with Crippen LogP contribution in [-0.2, 0) is 19.1 Å². The molecule has 0 aliphatic carbocycles. The molecule has 1 fully saturated rings. The van der Waals surface area contributed by atoms with E-state index in [0.717, 1.165) is 0 Å². The second-order valence-electron chi connectivity index (χ2n) is 3.01. The van der Waals surface area contributed by atoms with Gasteiger partial charge in [-0.3, -0.25) is 9.59 Å². The van der Waals surface area contributed by atoms with Gasteiger partial charge >= 0.3 is 5.97 Å². The highest BCUT2D eigenvalue weighted by Crippen LogP contribution is 2.05. The van der Waals surface area contributed by atoms with Crippen LogP contribution in [0.1, 0.15) is 12.8 Å². The first-order chi connectivity index (χ1) is 6.65. The Labute approximate surface area is 81.7 Å². The van der Waals surface area contributed by atoms with Crippen LogP contribution in [0.15, 0.2) is 0 Å². The molecule has 2 unspecified atom stereocenters. The highest BCUT2D eigenvalue weighted by atomic mass is 16.5. The Morgan fingerprint density at radius 2 is 2.36 bits per heavy atom. The van der Waals surface area contributed by atoms with E-state index in [1.54, 1.807) is 0 Å². The van der Waals surface area contributed by atoms with Gasteiger partial charge in [-0.2, -0.15) is 0 Å². The zero-order valence-electron chi connectivity index (χ0n) is 7.99. The van der Waals surface area contributed by atoms with Crippen LogP contribution in [0.2, 0.25) is 0 Å². The standard InChI is InChI=1S/C8H14N2O4/c1-13-5(11)3-2-4-14-8-6(9)7(12)10-8/h6,8H,2-4,9H2,1H3,(H,10,12). The van der Waals surface area contributed by atoms with E-state index in [0.29, 0.717) is 19.4 Å². The van der Waals surface area contributed by atoms with Gasteiger partial charge in [0.1, 0.15) is 6.04 Å². The largest absolute Gasteiger partial charge is 0.469 e. The van der Waals surface area contributed by atoms with Gasteiger partial charge in [-0.1, -0.05) is 0 Å². The number of rotatable bonds is 5. The van der Waals surface area contributed by atoms with Crippen LogP contribution in [0, 0.1) is 0 Å². The molecular weight excluding hydrogens is 188 g/mol. The molecule has 1 aliphatic rings. The smallest absolute Gasteiger partial charge is 0.305 e. The summed E-state index contributed by atoms with van der Waals surface area (Å²) in [6.45, 7) is 0.383. The van der Waals surface area contributed by atoms with E-state index in [-0.39, 0.29) is 11.9 Å². The number of nitrogens with one attached hydrogen (secondary N) is 1.